The summed E-state index contributed by atoms with van der Waals surface area (Å²) in [5.41, 5.74) is 2.29. The van der Waals surface area contributed by atoms with Crippen LogP contribution >= 0.6 is 0 Å². The molecule has 0 bridgehead atoms. The fourth-order valence-corrected chi connectivity index (χ4v) is 2.64. The van der Waals surface area contributed by atoms with Gasteiger partial charge in [-0.2, -0.15) is 5.26 Å². The monoisotopic (exact) mass is 366 g/mol. The highest BCUT2D eigenvalue weighted by atomic mass is 16.5. The van der Waals surface area contributed by atoms with E-state index in [-0.39, 0.29) is 6.54 Å². The average Bonchev–Trinajstić information content (AvgIpc) is 2.65. The van der Waals surface area contributed by atoms with Crippen molar-refractivity contribution in [2.45, 2.75) is 26.4 Å². The van der Waals surface area contributed by atoms with Crippen molar-refractivity contribution in [2.75, 3.05) is 6.54 Å². The van der Waals surface area contributed by atoms with Crippen molar-refractivity contribution in [1.82, 2.24) is 5.32 Å². The second-order valence-corrected chi connectivity index (χ2v) is 6.34. The van der Waals surface area contributed by atoms with E-state index in [0.29, 0.717) is 17.7 Å². The van der Waals surface area contributed by atoms with E-state index in [9.17, 15) is 14.7 Å². The molecule has 0 aliphatic carbocycles. The lowest BCUT2D eigenvalue weighted by molar-refractivity contribution is -0.141. The van der Waals surface area contributed by atoms with Crippen LogP contribution in [-0.2, 0) is 16.0 Å². The number of hydrogen-bond acceptors (Lipinski definition) is 4. The molecule has 2 rings (SSSR count). The van der Waals surface area contributed by atoms with Gasteiger partial charge in [-0.05, 0) is 38.0 Å². The highest BCUT2D eigenvalue weighted by Crippen LogP contribution is 2.18. The lowest BCUT2D eigenvalue weighted by atomic mass is 9.98. The molecule has 2 atom stereocenters. The van der Waals surface area contributed by atoms with Crippen LogP contribution in [0.25, 0.3) is 0 Å². The number of carbonyl (C=O) groups is 2. The Morgan fingerprint density at radius 3 is 2.63 bits per heavy atom. The van der Waals surface area contributed by atoms with Crippen molar-refractivity contribution in [3.8, 4) is 11.8 Å². The highest BCUT2D eigenvalue weighted by Gasteiger charge is 2.22. The number of benzene rings is 2. The number of nitrogens with zero attached hydrogens (tertiary/aromatic N) is 1. The van der Waals surface area contributed by atoms with Gasteiger partial charge >= 0.3 is 5.97 Å². The van der Waals surface area contributed by atoms with Crippen LogP contribution in [0.15, 0.2) is 48.5 Å². The molecule has 0 spiro atoms. The van der Waals surface area contributed by atoms with Crippen molar-refractivity contribution in [3.05, 3.63) is 65.2 Å². The summed E-state index contributed by atoms with van der Waals surface area (Å²) < 4.78 is 5.54. The Morgan fingerprint density at radius 2 is 1.96 bits per heavy atom. The molecule has 1 amide bonds. The van der Waals surface area contributed by atoms with Crippen LogP contribution < -0.4 is 10.1 Å². The third kappa shape index (κ3) is 5.86. The van der Waals surface area contributed by atoms with E-state index in [1.54, 1.807) is 31.2 Å². The van der Waals surface area contributed by atoms with Gasteiger partial charge in [0.25, 0.3) is 5.91 Å². The largest absolute Gasteiger partial charge is 0.481 e. The van der Waals surface area contributed by atoms with E-state index in [1.165, 1.54) is 0 Å². The average molecular weight is 366 g/mol. The number of aryl methyl sites for hydroxylation is 1. The van der Waals surface area contributed by atoms with Gasteiger partial charge in [0, 0.05) is 6.54 Å². The molecule has 6 nitrogen and oxygen atoms in total. The number of para-hydroxylation sites is 1. The van der Waals surface area contributed by atoms with E-state index in [2.05, 4.69) is 5.32 Å². The van der Waals surface area contributed by atoms with Gasteiger partial charge in [0.05, 0.1) is 11.5 Å². The normalized spacial score (nSPS) is 12.5. The molecule has 0 aliphatic rings. The molecule has 6 heteroatoms. The van der Waals surface area contributed by atoms with Gasteiger partial charge in [0.15, 0.2) is 6.10 Å². The Labute approximate surface area is 158 Å². The zero-order valence-corrected chi connectivity index (χ0v) is 15.3. The predicted octanol–water partition coefficient (Wildman–Crippen LogP) is 2.69. The molecule has 0 heterocycles. The SMILES string of the molecule is Cc1cccc(CC(CNC(=O)C(C)Oc2ccccc2C#N)C(=O)O)c1. The lowest BCUT2D eigenvalue weighted by Crippen LogP contribution is -2.41. The maximum atomic E-state index is 12.3. The van der Waals surface area contributed by atoms with Crippen LogP contribution in [0.4, 0.5) is 0 Å². The van der Waals surface area contributed by atoms with Gasteiger partial charge < -0.3 is 15.2 Å². The molecule has 0 fully saturated rings. The smallest absolute Gasteiger partial charge is 0.308 e. The zero-order valence-electron chi connectivity index (χ0n) is 15.3. The summed E-state index contributed by atoms with van der Waals surface area (Å²) in [6.45, 7) is 3.49. The second-order valence-electron chi connectivity index (χ2n) is 6.34. The quantitative estimate of drug-likeness (QED) is 0.748. The van der Waals surface area contributed by atoms with Crippen molar-refractivity contribution in [2.24, 2.45) is 5.92 Å². The Balaban J connectivity index is 1.95. The van der Waals surface area contributed by atoms with Crippen molar-refractivity contribution in [3.63, 3.8) is 0 Å². The van der Waals surface area contributed by atoms with E-state index >= 15 is 0 Å². The maximum Gasteiger partial charge on any atom is 0.308 e. The summed E-state index contributed by atoms with van der Waals surface area (Å²) in [4.78, 5) is 23.8. The van der Waals surface area contributed by atoms with Gasteiger partial charge in [-0.1, -0.05) is 42.0 Å². The summed E-state index contributed by atoms with van der Waals surface area (Å²) in [7, 11) is 0. The first-order valence-corrected chi connectivity index (χ1v) is 8.62. The topological polar surface area (TPSA) is 99.4 Å². The zero-order chi connectivity index (χ0) is 19.8. The minimum absolute atomic E-state index is 0.00426. The molecular weight excluding hydrogens is 344 g/mol. The van der Waals surface area contributed by atoms with Gasteiger partial charge in [0.1, 0.15) is 11.8 Å². The molecule has 0 radical (unpaired) electrons. The number of carboxylic acid groups (broad SMARTS) is 1. The molecular formula is C21H22N2O4. The van der Waals surface area contributed by atoms with Crippen molar-refractivity contribution < 1.29 is 19.4 Å². The number of nitrogens with one attached hydrogen (secondary N) is 1. The minimum Gasteiger partial charge on any atom is -0.481 e. The van der Waals surface area contributed by atoms with Gasteiger partial charge in [-0.3, -0.25) is 9.59 Å². The Bertz CT molecular complexity index is 857. The van der Waals surface area contributed by atoms with Crippen molar-refractivity contribution >= 4 is 11.9 Å². The molecule has 2 N–H and O–H groups in total. The maximum absolute atomic E-state index is 12.3. The Morgan fingerprint density at radius 1 is 1.22 bits per heavy atom. The number of rotatable bonds is 8. The first kappa shape index (κ1) is 20.0. The van der Waals surface area contributed by atoms with Gasteiger partial charge in [-0.25, -0.2) is 0 Å². The van der Waals surface area contributed by atoms with Crippen molar-refractivity contribution in [1.29, 1.82) is 5.26 Å². The summed E-state index contributed by atoms with van der Waals surface area (Å²) >= 11 is 0. The molecule has 2 aromatic carbocycles. The number of ether oxygens (including phenoxy) is 1. The molecule has 2 unspecified atom stereocenters. The highest BCUT2D eigenvalue weighted by molar-refractivity contribution is 5.81. The first-order valence-electron chi connectivity index (χ1n) is 8.62. The predicted molar refractivity (Wildman–Crippen MR) is 100 cm³/mol. The van der Waals surface area contributed by atoms with E-state index in [0.717, 1.165) is 11.1 Å². The van der Waals surface area contributed by atoms with Crippen LogP contribution in [0, 0.1) is 24.2 Å². The fraction of sp³-hybridized carbons (Fsp3) is 0.286. The number of nitriles is 1. The van der Waals surface area contributed by atoms with Crippen LogP contribution in [0.5, 0.6) is 5.75 Å². The van der Waals surface area contributed by atoms with E-state index < -0.39 is 23.9 Å². The Kier molecular flexibility index (Phi) is 6.95. The van der Waals surface area contributed by atoms with Crippen LogP contribution in [0.3, 0.4) is 0 Å². The molecule has 140 valence electrons. The third-order valence-corrected chi connectivity index (χ3v) is 4.12. The first-order chi connectivity index (χ1) is 12.9. The second kappa shape index (κ2) is 9.39. The third-order valence-electron chi connectivity index (χ3n) is 4.12. The van der Waals surface area contributed by atoms with Gasteiger partial charge in [-0.15, -0.1) is 0 Å². The number of aliphatic carboxylic acids is 1. The van der Waals surface area contributed by atoms with Gasteiger partial charge in [0.2, 0.25) is 0 Å². The molecule has 0 aromatic heterocycles. The molecule has 0 aliphatic heterocycles. The molecule has 0 saturated heterocycles. The van der Waals surface area contributed by atoms with Crippen LogP contribution in [0.1, 0.15) is 23.6 Å². The number of carbonyl (C=O) groups excluding carboxylic acids is 1. The number of hydrogen-bond donors (Lipinski definition) is 2. The fourth-order valence-electron chi connectivity index (χ4n) is 2.64. The molecule has 27 heavy (non-hydrogen) atoms. The van der Waals surface area contributed by atoms with Crippen LogP contribution in [0.2, 0.25) is 0 Å². The lowest BCUT2D eigenvalue weighted by Gasteiger charge is -2.18. The Hall–Kier alpha value is -3.33. The van der Waals surface area contributed by atoms with E-state index in [4.69, 9.17) is 10.00 Å². The minimum atomic E-state index is -0.972. The van der Waals surface area contributed by atoms with E-state index in [1.807, 2.05) is 37.3 Å². The summed E-state index contributed by atoms with van der Waals surface area (Å²) in [6, 6.07) is 16.3. The number of amides is 1. The molecule has 2 aromatic rings. The summed E-state index contributed by atoms with van der Waals surface area (Å²) in [6.07, 6.45) is -0.531. The standard InChI is InChI=1S/C21H22N2O4/c1-14-6-5-7-16(10-14)11-18(21(25)26)13-23-20(24)15(2)27-19-9-4-3-8-17(19)12-22/h3-10,15,18H,11,13H2,1-2H3,(H,23,24)(H,25,26). The number of carboxylic acids is 1. The summed E-state index contributed by atoms with van der Waals surface area (Å²) in [5, 5.41) is 21.1. The van der Waals surface area contributed by atoms with Crippen LogP contribution in [-0.4, -0.2) is 29.6 Å². The summed E-state index contributed by atoms with van der Waals surface area (Å²) in [5.74, 6) is -1.83. The molecule has 0 saturated carbocycles.